The zero-order valence-corrected chi connectivity index (χ0v) is 12.6. The average molecular weight is 303 g/mol. The molecule has 1 atom stereocenters. The van der Waals surface area contributed by atoms with Gasteiger partial charge in [0.15, 0.2) is 0 Å². The Morgan fingerprint density at radius 2 is 2.05 bits per heavy atom. The maximum absolute atomic E-state index is 11.8. The number of carbonyl (C=O) groups excluding carboxylic acids is 1. The molecule has 0 spiro atoms. The van der Waals surface area contributed by atoms with Crippen molar-refractivity contribution in [1.82, 2.24) is 25.4 Å². The van der Waals surface area contributed by atoms with Gasteiger partial charge in [0.1, 0.15) is 12.7 Å². The van der Waals surface area contributed by atoms with E-state index >= 15 is 0 Å². The van der Waals surface area contributed by atoms with E-state index in [1.165, 1.54) is 6.33 Å². The molecule has 7 heteroatoms. The number of aliphatic hydroxyl groups excluding tert-OH is 1. The van der Waals surface area contributed by atoms with Crippen LogP contribution in [-0.2, 0) is 19.6 Å². The van der Waals surface area contributed by atoms with Gasteiger partial charge in [0.25, 0.3) is 0 Å². The van der Waals surface area contributed by atoms with Crippen molar-refractivity contribution in [2.24, 2.45) is 0 Å². The van der Waals surface area contributed by atoms with E-state index < -0.39 is 0 Å². The number of aliphatic hydroxyl groups is 1. The van der Waals surface area contributed by atoms with Gasteiger partial charge in [-0.05, 0) is 24.5 Å². The summed E-state index contributed by atoms with van der Waals surface area (Å²) < 4.78 is 1.67. The summed E-state index contributed by atoms with van der Waals surface area (Å²) >= 11 is 0. The topological polar surface area (TPSA) is 92.1 Å². The first-order valence-corrected chi connectivity index (χ1v) is 7.23. The highest BCUT2D eigenvalue weighted by atomic mass is 16.3. The third-order valence-corrected chi connectivity index (χ3v) is 3.21. The van der Waals surface area contributed by atoms with Crippen LogP contribution in [-0.4, -0.2) is 38.5 Å². The third kappa shape index (κ3) is 5.17. The summed E-state index contributed by atoms with van der Waals surface area (Å²) in [6.07, 6.45) is 3.83. The van der Waals surface area contributed by atoms with Gasteiger partial charge in [-0.15, -0.1) is 0 Å². The van der Waals surface area contributed by atoms with E-state index in [1.807, 2.05) is 31.2 Å². The van der Waals surface area contributed by atoms with E-state index in [0.29, 0.717) is 13.1 Å². The number of rotatable bonds is 7. The van der Waals surface area contributed by atoms with E-state index in [0.717, 1.165) is 17.5 Å². The summed E-state index contributed by atoms with van der Waals surface area (Å²) in [5.74, 6) is 0. The highest BCUT2D eigenvalue weighted by molar-refractivity contribution is 5.74. The summed E-state index contributed by atoms with van der Waals surface area (Å²) in [5, 5.41) is 18.6. The van der Waals surface area contributed by atoms with Gasteiger partial charge in [-0.1, -0.05) is 24.3 Å². The second-order valence-electron chi connectivity index (χ2n) is 5.14. The molecule has 0 fully saturated rings. The minimum atomic E-state index is -0.195. The normalized spacial score (nSPS) is 11.9. The Bertz CT molecular complexity index is 568. The Morgan fingerprint density at radius 3 is 2.68 bits per heavy atom. The van der Waals surface area contributed by atoms with Crippen LogP contribution in [0.4, 0.5) is 4.79 Å². The largest absolute Gasteiger partial charge is 0.392 e. The van der Waals surface area contributed by atoms with Crippen molar-refractivity contribution in [2.45, 2.75) is 32.5 Å². The highest BCUT2D eigenvalue weighted by Crippen LogP contribution is 2.04. The maximum atomic E-state index is 11.8. The van der Waals surface area contributed by atoms with Crippen LogP contribution in [0, 0.1) is 0 Å². The molecule has 0 aliphatic rings. The van der Waals surface area contributed by atoms with Crippen LogP contribution in [0.2, 0.25) is 0 Å². The lowest BCUT2D eigenvalue weighted by Gasteiger charge is -2.14. The molecular weight excluding hydrogens is 282 g/mol. The van der Waals surface area contributed by atoms with Crippen LogP contribution >= 0.6 is 0 Å². The lowest BCUT2D eigenvalue weighted by Crippen LogP contribution is -2.43. The molecule has 0 saturated carbocycles. The Labute approximate surface area is 129 Å². The first-order chi connectivity index (χ1) is 10.7. The molecule has 1 unspecified atom stereocenters. The number of hydrogen-bond donors (Lipinski definition) is 3. The molecule has 1 aromatic heterocycles. The average Bonchev–Trinajstić information content (AvgIpc) is 3.00. The van der Waals surface area contributed by atoms with Gasteiger partial charge in [-0.25, -0.2) is 9.78 Å². The SMILES string of the molecule is CC(Cn1cncn1)NC(=O)NCCc1ccc(CO)cc1. The third-order valence-electron chi connectivity index (χ3n) is 3.21. The van der Waals surface area contributed by atoms with Gasteiger partial charge >= 0.3 is 6.03 Å². The molecule has 2 aromatic rings. The predicted octanol–water partition coefficient (Wildman–Crippen LogP) is 0.701. The quantitative estimate of drug-likeness (QED) is 0.702. The lowest BCUT2D eigenvalue weighted by molar-refractivity contribution is 0.236. The van der Waals surface area contributed by atoms with Crippen LogP contribution in [0.1, 0.15) is 18.1 Å². The molecule has 7 nitrogen and oxygen atoms in total. The number of carbonyl (C=O) groups is 1. The number of nitrogens with zero attached hydrogens (tertiary/aromatic N) is 3. The van der Waals surface area contributed by atoms with Crippen LogP contribution in [0.25, 0.3) is 0 Å². The van der Waals surface area contributed by atoms with Crippen LogP contribution in [0.3, 0.4) is 0 Å². The highest BCUT2D eigenvalue weighted by Gasteiger charge is 2.07. The van der Waals surface area contributed by atoms with E-state index in [4.69, 9.17) is 5.11 Å². The smallest absolute Gasteiger partial charge is 0.315 e. The lowest BCUT2D eigenvalue weighted by atomic mass is 10.1. The molecule has 22 heavy (non-hydrogen) atoms. The first kappa shape index (κ1) is 16.0. The van der Waals surface area contributed by atoms with Gasteiger partial charge in [0.2, 0.25) is 0 Å². The van der Waals surface area contributed by atoms with Crippen molar-refractivity contribution in [3.63, 3.8) is 0 Å². The number of benzene rings is 1. The molecule has 2 rings (SSSR count). The molecule has 1 heterocycles. The molecule has 0 bridgehead atoms. The zero-order chi connectivity index (χ0) is 15.8. The van der Waals surface area contributed by atoms with Crippen molar-refractivity contribution in [2.75, 3.05) is 6.54 Å². The minimum Gasteiger partial charge on any atom is -0.392 e. The van der Waals surface area contributed by atoms with Crippen LogP contribution in [0.5, 0.6) is 0 Å². The molecule has 2 amide bonds. The maximum Gasteiger partial charge on any atom is 0.315 e. The van der Waals surface area contributed by atoms with E-state index in [1.54, 1.807) is 11.0 Å². The Balaban J connectivity index is 1.66. The van der Waals surface area contributed by atoms with Crippen molar-refractivity contribution in [1.29, 1.82) is 0 Å². The van der Waals surface area contributed by atoms with Crippen molar-refractivity contribution in [3.05, 3.63) is 48.0 Å². The second-order valence-corrected chi connectivity index (χ2v) is 5.14. The van der Waals surface area contributed by atoms with Crippen molar-refractivity contribution in [3.8, 4) is 0 Å². The summed E-state index contributed by atoms with van der Waals surface area (Å²) in [4.78, 5) is 15.6. The molecule has 0 aliphatic heterocycles. The van der Waals surface area contributed by atoms with Crippen molar-refractivity contribution < 1.29 is 9.90 Å². The molecule has 0 saturated heterocycles. The summed E-state index contributed by atoms with van der Waals surface area (Å²) in [7, 11) is 0. The molecule has 0 aliphatic carbocycles. The fourth-order valence-electron chi connectivity index (χ4n) is 2.06. The standard InChI is InChI=1S/C15H21N5O2/c1-12(8-20-11-16-10-18-20)19-15(22)17-7-6-13-2-4-14(9-21)5-3-13/h2-5,10-12,21H,6-9H2,1H3,(H2,17,19,22). The monoisotopic (exact) mass is 303 g/mol. The first-order valence-electron chi connectivity index (χ1n) is 7.23. The van der Waals surface area contributed by atoms with E-state index in [2.05, 4.69) is 20.7 Å². The van der Waals surface area contributed by atoms with Gasteiger partial charge in [0, 0.05) is 12.6 Å². The summed E-state index contributed by atoms with van der Waals surface area (Å²) in [6, 6.07) is 7.45. The molecule has 118 valence electrons. The van der Waals surface area contributed by atoms with Crippen molar-refractivity contribution >= 4 is 6.03 Å². The van der Waals surface area contributed by atoms with Gasteiger partial charge in [-0.3, -0.25) is 4.68 Å². The molecule has 1 aromatic carbocycles. The number of nitrogens with one attached hydrogen (secondary N) is 2. The Kier molecular flexibility index (Phi) is 5.91. The molecular formula is C15H21N5O2. The fraction of sp³-hybridized carbons (Fsp3) is 0.400. The van der Waals surface area contributed by atoms with Crippen LogP contribution < -0.4 is 10.6 Å². The number of urea groups is 1. The second kappa shape index (κ2) is 8.14. The Morgan fingerprint density at radius 1 is 1.32 bits per heavy atom. The molecule has 0 radical (unpaired) electrons. The number of hydrogen-bond acceptors (Lipinski definition) is 4. The summed E-state index contributed by atoms with van der Waals surface area (Å²) in [6.45, 7) is 3.09. The number of amides is 2. The Hall–Kier alpha value is -2.41. The van der Waals surface area contributed by atoms with Gasteiger partial charge < -0.3 is 15.7 Å². The molecule has 3 N–H and O–H groups in total. The summed E-state index contributed by atoms with van der Waals surface area (Å²) in [5.41, 5.74) is 2.00. The van der Waals surface area contributed by atoms with E-state index in [-0.39, 0.29) is 18.7 Å². The number of aromatic nitrogens is 3. The minimum absolute atomic E-state index is 0.0365. The van der Waals surface area contributed by atoms with Gasteiger partial charge in [0.05, 0.1) is 13.2 Å². The van der Waals surface area contributed by atoms with Crippen LogP contribution in [0.15, 0.2) is 36.9 Å². The van der Waals surface area contributed by atoms with Gasteiger partial charge in [-0.2, -0.15) is 5.10 Å². The predicted molar refractivity (Wildman–Crippen MR) is 82.1 cm³/mol. The fourth-order valence-corrected chi connectivity index (χ4v) is 2.06. The van der Waals surface area contributed by atoms with E-state index in [9.17, 15) is 4.79 Å². The zero-order valence-electron chi connectivity index (χ0n) is 12.6.